The van der Waals surface area contributed by atoms with Gasteiger partial charge < -0.3 is 28.5 Å². The number of aromatic nitrogens is 1. The number of benzene rings is 2. The van der Waals surface area contributed by atoms with Crippen LogP contribution < -0.4 is 9.47 Å². The van der Waals surface area contributed by atoms with Crippen LogP contribution in [0.4, 0.5) is 5.69 Å². The Hall–Kier alpha value is -2.99. The van der Waals surface area contributed by atoms with Crippen molar-refractivity contribution in [3.63, 3.8) is 0 Å². The fourth-order valence-electron chi connectivity index (χ4n) is 4.19. The van der Waals surface area contributed by atoms with E-state index in [4.69, 9.17) is 35.6 Å². The maximum atomic E-state index is 11.6. The van der Waals surface area contributed by atoms with Gasteiger partial charge in [0.25, 0.3) is 10.5 Å². The molecule has 2 heterocycles. The topological polar surface area (TPSA) is 118 Å². The summed E-state index contributed by atoms with van der Waals surface area (Å²) in [6.07, 6.45) is -2.24. The average molecular weight is 462 g/mol. The SMILES string of the molecule is COc1ccc2oc(=S)n([C@H]3c4cc([N+](=O)[O-])ccc4O[C@](C)(C(OC)OC)[C@@H]3O)c2c1. The van der Waals surface area contributed by atoms with Crippen LogP contribution >= 0.6 is 12.2 Å². The van der Waals surface area contributed by atoms with E-state index in [1.54, 1.807) is 29.7 Å². The van der Waals surface area contributed by atoms with Crippen molar-refractivity contribution in [2.45, 2.75) is 31.0 Å². The van der Waals surface area contributed by atoms with E-state index in [-0.39, 0.29) is 10.5 Å². The zero-order valence-corrected chi connectivity index (χ0v) is 18.6. The van der Waals surface area contributed by atoms with Gasteiger partial charge in [-0.25, -0.2) is 0 Å². The molecule has 170 valence electrons. The van der Waals surface area contributed by atoms with Crippen molar-refractivity contribution in [1.29, 1.82) is 0 Å². The number of ether oxygens (including phenoxy) is 4. The Morgan fingerprint density at radius 3 is 2.56 bits per heavy atom. The molecule has 1 aromatic heterocycles. The van der Waals surface area contributed by atoms with Crippen molar-refractivity contribution >= 4 is 29.0 Å². The molecule has 11 heteroatoms. The maximum absolute atomic E-state index is 11.6. The summed E-state index contributed by atoms with van der Waals surface area (Å²) in [7, 11) is 4.39. The first-order chi connectivity index (χ1) is 15.2. The number of nitro groups is 1. The number of non-ortho nitro benzene ring substituents is 1. The Labute approximate surface area is 188 Å². The summed E-state index contributed by atoms with van der Waals surface area (Å²) in [6.45, 7) is 1.64. The zero-order chi connectivity index (χ0) is 23.2. The minimum atomic E-state index is -1.38. The molecule has 0 fully saturated rings. The first kappa shape index (κ1) is 22.2. The van der Waals surface area contributed by atoms with Gasteiger partial charge in [0.05, 0.1) is 23.6 Å². The fourth-order valence-corrected chi connectivity index (χ4v) is 4.49. The Morgan fingerprint density at radius 2 is 1.94 bits per heavy atom. The van der Waals surface area contributed by atoms with E-state index in [1.165, 1.54) is 39.5 Å². The van der Waals surface area contributed by atoms with Gasteiger partial charge in [-0.05, 0) is 37.3 Å². The molecular formula is C21H22N2O8S. The quantitative estimate of drug-likeness (QED) is 0.254. The Kier molecular flexibility index (Phi) is 5.67. The molecule has 0 unspecified atom stereocenters. The monoisotopic (exact) mass is 462 g/mol. The second-order valence-corrected chi connectivity index (χ2v) is 7.88. The lowest BCUT2D eigenvalue weighted by Crippen LogP contribution is -2.60. The van der Waals surface area contributed by atoms with Gasteiger partial charge in [0, 0.05) is 38.0 Å². The number of aliphatic hydroxyl groups is 1. The summed E-state index contributed by atoms with van der Waals surface area (Å²) in [4.78, 5) is 11.0. The first-order valence-electron chi connectivity index (χ1n) is 9.65. The molecule has 3 atom stereocenters. The van der Waals surface area contributed by atoms with E-state index in [2.05, 4.69) is 0 Å². The normalized spacial score (nSPS) is 22.6. The van der Waals surface area contributed by atoms with Crippen LogP contribution in [0.25, 0.3) is 11.1 Å². The molecule has 4 rings (SSSR count). The smallest absolute Gasteiger partial charge is 0.270 e. The number of nitro benzene ring substituents is 1. The molecule has 0 aliphatic carbocycles. The summed E-state index contributed by atoms with van der Waals surface area (Å²) < 4.78 is 29.6. The van der Waals surface area contributed by atoms with Gasteiger partial charge in [0.2, 0.25) is 0 Å². The highest BCUT2D eigenvalue weighted by Gasteiger charge is 2.53. The number of nitrogens with zero attached hydrogens (tertiary/aromatic N) is 2. The highest BCUT2D eigenvalue weighted by atomic mass is 32.1. The molecule has 0 saturated heterocycles. The molecule has 1 N–H and O–H groups in total. The molecule has 0 saturated carbocycles. The molecule has 1 aliphatic heterocycles. The third kappa shape index (κ3) is 3.34. The van der Waals surface area contributed by atoms with E-state index in [9.17, 15) is 15.2 Å². The fraction of sp³-hybridized carbons (Fsp3) is 0.381. The van der Waals surface area contributed by atoms with Gasteiger partial charge in [-0.15, -0.1) is 0 Å². The number of fused-ring (bicyclic) bond motifs is 2. The molecule has 32 heavy (non-hydrogen) atoms. The third-order valence-corrected chi connectivity index (χ3v) is 6.01. The molecular weight excluding hydrogens is 440 g/mol. The van der Waals surface area contributed by atoms with Gasteiger partial charge in [0.15, 0.2) is 17.5 Å². The van der Waals surface area contributed by atoms with Gasteiger partial charge >= 0.3 is 0 Å². The van der Waals surface area contributed by atoms with Crippen LogP contribution in [0.2, 0.25) is 0 Å². The number of rotatable bonds is 6. The molecule has 2 aromatic carbocycles. The molecule has 1 aliphatic rings. The van der Waals surface area contributed by atoms with Crippen LogP contribution in [-0.4, -0.2) is 53.9 Å². The zero-order valence-electron chi connectivity index (χ0n) is 17.8. The van der Waals surface area contributed by atoms with Gasteiger partial charge in [-0.2, -0.15) is 0 Å². The van der Waals surface area contributed by atoms with Gasteiger partial charge in [-0.3, -0.25) is 14.7 Å². The second kappa shape index (κ2) is 8.17. The Balaban J connectivity index is 2.02. The van der Waals surface area contributed by atoms with Crippen LogP contribution in [0, 0.1) is 15.0 Å². The van der Waals surface area contributed by atoms with E-state index in [0.29, 0.717) is 28.2 Å². The minimum Gasteiger partial charge on any atom is -0.497 e. The van der Waals surface area contributed by atoms with Crippen LogP contribution in [0.1, 0.15) is 18.5 Å². The van der Waals surface area contributed by atoms with Crippen LogP contribution in [0.15, 0.2) is 40.8 Å². The first-order valence-corrected chi connectivity index (χ1v) is 10.1. The van der Waals surface area contributed by atoms with Crippen molar-refractivity contribution in [2.24, 2.45) is 0 Å². The molecule has 0 amide bonds. The molecule has 10 nitrogen and oxygen atoms in total. The minimum absolute atomic E-state index is 0.0744. The number of aliphatic hydroxyl groups excluding tert-OH is 1. The van der Waals surface area contributed by atoms with Crippen molar-refractivity contribution in [3.05, 3.63) is 56.9 Å². The van der Waals surface area contributed by atoms with Crippen LogP contribution in [0.5, 0.6) is 11.5 Å². The lowest BCUT2D eigenvalue weighted by atomic mass is 9.84. The largest absolute Gasteiger partial charge is 0.497 e. The third-order valence-electron chi connectivity index (χ3n) is 5.73. The Morgan fingerprint density at radius 1 is 1.22 bits per heavy atom. The standard InChI is InChI=1S/C21H22N2O8S/c1-21(19(28-3)29-4)18(24)17(13-9-11(23(25)26)5-7-15(13)31-21)22-14-10-12(27-2)6-8-16(14)30-20(22)32/h5-10,17-19,24H,1-4H3/t17-,18+,21-/m0/s1. The predicted molar refractivity (Wildman–Crippen MR) is 116 cm³/mol. The van der Waals surface area contributed by atoms with Crippen molar-refractivity contribution in [3.8, 4) is 11.5 Å². The molecule has 3 aromatic rings. The van der Waals surface area contributed by atoms with Gasteiger partial charge in [0.1, 0.15) is 17.6 Å². The number of hydrogen-bond acceptors (Lipinski definition) is 9. The summed E-state index contributed by atoms with van der Waals surface area (Å²) in [6, 6.07) is 8.41. The highest BCUT2D eigenvalue weighted by Crippen LogP contribution is 2.46. The number of methoxy groups -OCH3 is 3. The summed E-state index contributed by atoms with van der Waals surface area (Å²) in [5, 5.41) is 23.0. The number of oxazole rings is 1. The summed E-state index contributed by atoms with van der Waals surface area (Å²) in [5.74, 6) is 0.879. The summed E-state index contributed by atoms with van der Waals surface area (Å²) >= 11 is 5.48. The van der Waals surface area contributed by atoms with E-state index in [0.717, 1.165) is 0 Å². The van der Waals surface area contributed by atoms with E-state index < -0.39 is 29.0 Å². The number of hydrogen-bond donors (Lipinski definition) is 1. The predicted octanol–water partition coefficient (Wildman–Crippen LogP) is 3.60. The lowest BCUT2D eigenvalue weighted by molar-refractivity contribution is -0.385. The highest BCUT2D eigenvalue weighted by molar-refractivity contribution is 7.71. The van der Waals surface area contributed by atoms with Crippen molar-refractivity contribution < 1.29 is 33.4 Å². The molecule has 0 radical (unpaired) electrons. The van der Waals surface area contributed by atoms with E-state index in [1.807, 2.05) is 0 Å². The average Bonchev–Trinajstić information content (AvgIpc) is 3.09. The van der Waals surface area contributed by atoms with Crippen LogP contribution in [0.3, 0.4) is 0 Å². The maximum Gasteiger partial charge on any atom is 0.270 e. The molecule has 0 spiro atoms. The van der Waals surface area contributed by atoms with Gasteiger partial charge in [-0.1, -0.05) is 0 Å². The van der Waals surface area contributed by atoms with E-state index >= 15 is 0 Å². The Bertz CT molecular complexity index is 1230. The van der Waals surface area contributed by atoms with Crippen molar-refractivity contribution in [2.75, 3.05) is 21.3 Å². The van der Waals surface area contributed by atoms with Crippen molar-refractivity contribution in [1.82, 2.24) is 4.57 Å². The molecule has 0 bridgehead atoms. The summed E-state index contributed by atoms with van der Waals surface area (Å²) in [5.41, 5.74) is -0.143. The lowest BCUT2D eigenvalue weighted by Gasteiger charge is -2.46. The van der Waals surface area contributed by atoms with Crippen LogP contribution in [-0.2, 0) is 9.47 Å². The second-order valence-electron chi connectivity index (χ2n) is 7.53.